The lowest BCUT2D eigenvalue weighted by Crippen LogP contribution is -2.46. The normalized spacial score (nSPS) is 19.5. The van der Waals surface area contributed by atoms with Gasteiger partial charge in [0.15, 0.2) is 0 Å². The van der Waals surface area contributed by atoms with Gasteiger partial charge in [-0.25, -0.2) is 17.8 Å². The minimum absolute atomic E-state index is 0.127. The van der Waals surface area contributed by atoms with E-state index in [1.54, 1.807) is 23.4 Å². The van der Waals surface area contributed by atoms with E-state index in [1.807, 2.05) is 0 Å². The number of carbonyl (C=O) groups excluding carboxylic acids is 1. The highest BCUT2D eigenvalue weighted by Gasteiger charge is 2.33. The molecule has 200 valence electrons. The van der Waals surface area contributed by atoms with Crippen molar-refractivity contribution in [3.8, 4) is 5.75 Å². The number of piperidine rings is 1. The number of benzene rings is 1. The van der Waals surface area contributed by atoms with Gasteiger partial charge in [0.1, 0.15) is 23.9 Å². The van der Waals surface area contributed by atoms with Gasteiger partial charge in [-0.2, -0.15) is 13.2 Å². The molecule has 0 saturated carbocycles. The molecule has 2 aliphatic heterocycles. The van der Waals surface area contributed by atoms with Crippen LogP contribution in [0.4, 0.5) is 13.2 Å². The Morgan fingerprint density at radius 2 is 1.97 bits per heavy atom. The average Bonchev–Trinajstić information content (AvgIpc) is 2.83. The Hall–Kier alpha value is -2.35. The number of nitrogens with zero attached hydrogens (tertiary/aromatic N) is 4. The average molecular weight is 553 g/mol. The molecular weight excluding hydrogens is 525 g/mol. The number of halogens is 4. The first-order chi connectivity index (χ1) is 17.0. The number of ether oxygens (including phenoxy) is 1. The van der Waals surface area contributed by atoms with E-state index >= 15 is 0 Å². The summed E-state index contributed by atoms with van der Waals surface area (Å²) in [6.45, 7) is 0.590. The second-order valence-electron chi connectivity index (χ2n) is 8.50. The quantitative estimate of drug-likeness (QED) is 0.194. The first kappa shape index (κ1) is 28.2. The summed E-state index contributed by atoms with van der Waals surface area (Å²) in [5.41, 5.74) is -0.869. The number of hydrogen-bond acceptors (Lipinski definition) is 7. The van der Waals surface area contributed by atoms with Gasteiger partial charge in [0.05, 0.1) is 10.6 Å². The van der Waals surface area contributed by atoms with Crippen molar-refractivity contribution in [3.05, 3.63) is 41.1 Å². The Balaban J connectivity index is 1.51. The van der Waals surface area contributed by atoms with E-state index in [9.17, 15) is 31.6 Å². The van der Waals surface area contributed by atoms with Gasteiger partial charge in [-0.1, -0.05) is 11.6 Å². The van der Waals surface area contributed by atoms with Crippen LogP contribution in [-0.2, 0) is 21.0 Å². The Bertz CT molecular complexity index is 1060. The lowest BCUT2D eigenvalue weighted by molar-refractivity contribution is -0.149. The predicted molar refractivity (Wildman–Crippen MR) is 127 cm³/mol. The highest BCUT2D eigenvalue weighted by atomic mass is 35.5. The zero-order valence-electron chi connectivity index (χ0n) is 19.3. The number of rotatable bonds is 11. The maximum absolute atomic E-state index is 13.1. The van der Waals surface area contributed by atoms with Crippen molar-refractivity contribution in [2.45, 2.75) is 50.6 Å². The van der Waals surface area contributed by atoms with Crippen molar-refractivity contribution in [2.24, 2.45) is 4.99 Å². The van der Waals surface area contributed by atoms with Gasteiger partial charge in [-0.15, -0.1) is 0 Å². The van der Waals surface area contributed by atoms with Crippen LogP contribution in [0, 0.1) is 0 Å². The molecule has 1 saturated heterocycles. The third-order valence-corrected chi connectivity index (χ3v) is 7.96. The molecule has 0 radical (unpaired) electrons. The maximum atomic E-state index is 13.1. The summed E-state index contributed by atoms with van der Waals surface area (Å²) in [7, 11) is -3.66. The molecule has 1 unspecified atom stereocenters. The summed E-state index contributed by atoms with van der Waals surface area (Å²) < 4.78 is 71.7. The number of amides is 1. The molecule has 3 rings (SSSR count). The van der Waals surface area contributed by atoms with Gasteiger partial charge in [-0.05, 0) is 56.4 Å². The fourth-order valence-electron chi connectivity index (χ4n) is 3.96. The summed E-state index contributed by atoms with van der Waals surface area (Å²) >= 11 is 5.96. The second kappa shape index (κ2) is 12.3. The van der Waals surface area contributed by atoms with E-state index in [-0.39, 0.29) is 48.6 Å². The van der Waals surface area contributed by atoms with E-state index in [0.717, 1.165) is 12.1 Å². The molecular formula is C22H28ClF3N4O5S. The van der Waals surface area contributed by atoms with Gasteiger partial charge >= 0.3 is 6.18 Å². The van der Waals surface area contributed by atoms with Crippen LogP contribution in [0.25, 0.3) is 0 Å². The van der Waals surface area contributed by atoms with Crippen molar-refractivity contribution < 1.29 is 36.3 Å². The number of alkyl halides is 3. The highest BCUT2D eigenvalue weighted by Crippen LogP contribution is 2.35. The fourth-order valence-corrected chi connectivity index (χ4v) is 5.75. The number of allylic oxidation sites excluding steroid dienone is 1. The maximum Gasteiger partial charge on any atom is 0.416 e. The molecule has 1 fully saturated rings. The van der Waals surface area contributed by atoms with Crippen LogP contribution >= 0.6 is 11.6 Å². The van der Waals surface area contributed by atoms with Crippen LogP contribution in [0.5, 0.6) is 5.75 Å². The molecule has 36 heavy (non-hydrogen) atoms. The van der Waals surface area contributed by atoms with Crippen LogP contribution in [0.1, 0.15) is 37.7 Å². The molecule has 0 spiro atoms. The SMILES string of the molecule is O=CN(O)CCCCC1N=CC=CN1CS(=O)(=O)N1CCC(Oc2ccc(C(F)(F)F)cc2Cl)CC1. The molecule has 1 aromatic carbocycles. The van der Waals surface area contributed by atoms with E-state index in [0.29, 0.717) is 43.6 Å². The van der Waals surface area contributed by atoms with Crippen molar-refractivity contribution in [3.63, 3.8) is 0 Å². The van der Waals surface area contributed by atoms with E-state index in [2.05, 4.69) is 4.99 Å². The number of hydroxylamine groups is 2. The van der Waals surface area contributed by atoms with Gasteiger partial charge in [0.25, 0.3) is 0 Å². The predicted octanol–water partition coefficient (Wildman–Crippen LogP) is 3.73. The molecule has 0 aliphatic carbocycles. The smallest absolute Gasteiger partial charge is 0.416 e. The third kappa shape index (κ3) is 7.82. The molecule has 1 N–H and O–H groups in total. The number of carbonyl (C=O) groups is 1. The van der Waals surface area contributed by atoms with E-state index in [1.165, 1.54) is 10.4 Å². The minimum atomic E-state index is -4.51. The first-order valence-electron chi connectivity index (χ1n) is 11.4. The van der Waals surface area contributed by atoms with E-state index < -0.39 is 21.8 Å². The third-order valence-electron chi connectivity index (χ3n) is 5.89. The summed E-state index contributed by atoms with van der Waals surface area (Å²) in [6, 6.07) is 2.88. The Kier molecular flexibility index (Phi) is 9.61. The summed E-state index contributed by atoms with van der Waals surface area (Å²) in [4.78, 5) is 16.4. The van der Waals surface area contributed by atoms with Crippen molar-refractivity contribution in [2.75, 3.05) is 25.5 Å². The van der Waals surface area contributed by atoms with Gasteiger partial charge in [0.2, 0.25) is 16.4 Å². The molecule has 1 aromatic rings. The van der Waals surface area contributed by atoms with Crippen molar-refractivity contribution in [1.29, 1.82) is 0 Å². The molecule has 0 bridgehead atoms. The first-order valence-corrected chi connectivity index (χ1v) is 13.4. The Labute approximate surface area is 212 Å². The molecule has 2 heterocycles. The van der Waals surface area contributed by atoms with Gasteiger partial charge in [-0.3, -0.25) is 15.0 Å². The molecule has 14 heteroatoms. The van der Waals surface area contributed by atoms with Crippen LogP contribution < -0.4 is 4.74 Å². The van der Waals surface area contributed by atoms with Gasteiger partial charge in [0, 0.05) is 32.0 Å². The lowest BCUT2D eigenvalue weighted by atomic mass is 10.1. The number of unbranched alkanes of at least 4 members (excludes halogenated alkanes) is 1. The van der Waals surface area contributed by atoms with Crippen LogP contribution in [-0.4, -0.2) is 78.3 Å². The zero-order chi connectivity index (χ0) is 26.3. The number of sulfonamides is 1. The largest absolute Gasteiger partial charge is 0.489 e. The van der Waals surface area contributed by atoms with Crippen LogP contribution in [0.15, 0.2) is 35.5 Å². The van der Waals surface area contributed by atoms with Gasteiger partial charge < -0.3 is 9.64 Å². The molecule has 1 amide bonds. The minimum Gasteiger partial charge on any atom is -0.489 e. The summed E-state index contributed by atoms with van der Waals surface area (Å²) in [5, 5.41) is 9.58. The molecule has 1 atom stereocenters. The highest BCUT2D eigenvalue weighted by molar-refractivity contribution is 7.89. The fraction of sp³-hybridized carbons (Fsp3) is 0.545. The second-order valence-corrected chi connectivity index (χ2v) is 10.8. The monoisotopic (exact) mass is 552 g/mol. The molecule has 0 aromatic heterocycles. The van der Waals surface area contributed by atoms with Crippen LogP contribution in [0.2, 0.25) is 5.02 Å². The lowest BCUT2D eigenvalue weighted by Gasteiger charge is -2.35. The molecule has 9 nitrogen and oxygen atoms in total. The topological polar surface area (TPSA) is 103 Å². The van der Waals surface area contributed by atoms with Crippen molar-refractivity contribution >= 4 is 34.2 Å². The summed E-state index contributed by atoms with van der Waals surface area (Å²) in [6.07, 6.45) is 2.44. The molecule has 2 aliphatic rings. The Morgan fingerprint density at radius 3 is 2.61 bits per heavy atom. The van der Waals surface area contributed by atoms with E-state index in [4.69, 9.17) is 16.3 Å². The Morgan fingerprint density at radius 1 is 1.25 bits per heavy atom. The zero-order valence-corrected chi connectivity index (χ0v) is 20.9. The van der Waals surface area contributed by atoms with Crippen molar-refractivity contribution in [1.82, 2.24) is 14.3 Å². The number of aliphatic imine (C=N–C) groups is 1. The standard InChI is InChI=1S/C22H28ClF3N4O5S/c23-19-14-17(22(24,25)26)5-6-20(19)35-18-7-12-30(13-8-18)36(33,34)16-28-10-3-9-27-21(28)4-1-2-11-29(32)15-31/h3,5-6,9-10,14-15,18,21,32H,1-2,4,7-8,11-13,16H2. The summed E-state index contributed by atoms with van der Waals surface area (Å²) in [5.74, 6) is -0.134. The number of hydrogen-bond donors (Lipinski definition) is 1. The van der Waals surface area contributed by atoms with Crippen LogP contribution in [0.3, 0.4) is 0 Å².